The summed E-state index contributed by atoms with van der Waals surface area (Å²) in [6.07, 6.45) is -0.509. The third-order valence-corrected chi connectivity index (χ3v) is 3.78. The Balaban J connectivity index is 2.25. The number of hydrogen-bond donors (Lipinski definition) is 1. The van der Waals surface area contributed by atoms with Gasteiger partial charge in [-0.3, -0.25) is 4.98 Å². The van der Waals surface area contributed by atoms with Crippen LogP contribution in [0.3, 0.4) is 0 Å². The minimum Gasteiger partial charge on any atom is -0.389 e. The van der Waals surface area contributed by atoms with Gasteiger partial charge in [0.15, 0.2) is 0 Å². The van der Waals surface area contributed by atoms with Gasteiger partial charge in [-0.25, -0.2) is 0 Å². The molecule has 0 aliphatic heterocycles. The largest absolute Gasteiger partial charge is 0.389 e. The molecule has 0 fully saturated rings. The Kier molecular flexibility index (Phi) is 5.21. The highest BCUT2D eigenvalue weighted by Crippen LogP contribution is 2.29. The summed E-state index contributed by atoms with van der Waals surface area (Å²) < 4.78 is 0. The van der Waals surface area contributed by atoms with Crippen LogP contribution in [0.25, 0.3) is 0 Å². The van der Waals surface area contributed by atoms with Crippen LogP contribution >= 0.6 is 11.6 Å². The van der Waals surface area contributed by atoms with Gasteiger partial charge in [-0.05, 0) is 50.6 Å². The maximum absolute atomic E-state index is 9.62. The third kappa shape index (κ3) is 3.96. The SMILES string of the molecule is CCN(Cc1cccc(C)n1)c1ccc([C@@H](C)O)cc1Cl. The first-order valence-corrected chi connectivity index (χ1v) is 7.54. The summed E-state index contributed by atoms with van der Waals surface area (Å²) in [4.78, 5) is 6.71. The van der Waals surface area contributed by atoms with Gasteiger partial charge >= 0.3 is 0 Å². The second-order valence-corrected chi connectivity index (χ2v) is 5.58. The van der Waals surface area contributed by atoms with Crippen molar-refractivity contribution in [1.82, 2.24) is 4.98 Å². The normalized spacial score (nSPS) is 12.2. The Bertz CT molecular complexity index is 613. The summed E-state index contributed by atoms with van der Waals surface area (Å²) in [5, 5.41) is 10.3. The Morgan fingerprint density at radius 2 is 2.05 bits per heavy atom. The highest BCUT2D eigenvalue weighted by Gasteiger charge is 2.12. The molecule has 0 saturated heterocycles. The highest BCUT2D eigenvalue weighted by molar-refractivity contribution is 6.33. The van der Waals surface area contributed by atoms with E-state index in [0.717, 1.165) is 29.2 Å². The quantitative estimate of drug-likeness (QED) is 0.902. The van der Waals surface area contributed by atoms with E-state index in [1.54, 1.807) is 6.92 Å². The van der Waals surface area contributed by atoms with E-state index < -0.39 is 6.10 Å². The van der Waals surface area contributed by atoms with E-state index in [9.17, 15) is 5.11 Å². The van der Waals surface area contributed by atoms with E-state index in [1.807, 2.05) is 43.3 Å². The van der Waals surface area contributed by atoms with Crippen LogP contribution in [-0.4, -0.2) is 16.6 Å². The fourth-order valence-electron chi connectivity index (χ4n) is 2.29. The summed E-state index contributed by atoms with van der Waals surface area (Å²) in [6.45, 7) is 7.37. The van der Waals surface area contributed by atoms with E-state index >= 15 is 0 Å². The van der Waals surface area contributed by atoms with Crippen molar-refractivity contribution in [1.29, 1.82) is 0 Å². The maximum Gasteiger partial charge on any atom is 0.0762 e. The molecule has 21 heavy (non-hydrogen) atoms. The van der Waals surface area contributed by atoms with Crippen LogP contribution in [0.4, 0.5) is 5.69 Å². The van der Waals surface area contributed by atoms with Crippen LogP contribution in [-0.2, 0) is 6.54 Å². The molecule has 0 unspecified atom stereocenters. The van der Waals surface area contributed by atoms with Crippen molar-refractivity contribution in [3.05, 3.63) is 58.4 Å². The highest BCUT2D eigenvalue weighted by atomic mass is 35.5. The van der Waals surface area contributed by atoms with Crippen LogP contribution in [0.2, 0.25) is 5.02 Å². The molecular formula is C17H21ClN2O. The van der Waals surface area contributed by atoms with E-state index in [2.05, 4.69) is 16.8 Å². The molecule has 1 aromatic heterocycles. The van der Waals surface area contributed by atoms with Gasteiger partial charge < -0.3 is 10.0 Å². The number of aromatic nitrogens is 1. The maximum atomic E-state index is 9.62. The number of halogens is 1. The third-order valence-electron chi connectivity index (χ3n) is 3.48. The van der Waals surface area contributed by atoms with E-state index in [-0.39, 0.29) is 0 Å². The predicted octanol–water partition coefficient (Wildman–Crippen LogP) is 4.12. The lowest BCUT2D eigenvalue weighted by Gasteiger charge is -2.24. The second kappa shape index (κ2) is 6.92. The molecule has 1 atom stereocenters. The monoisotopic (exact) mass is 304 g/mol. The van der Waals surface area contributed by atoms with Gasteiger partial charge in [-0.1, -0.05) is 23.7 Å². The Hall–Kier alpha value is -1.58. The Morgan fingerprint density at radius 1 is 1.29 bits per heavy atom. The van der Waals surface area contributed by atoms with Gasteiger partial charge in [0.05, 0.1) is 29.1 Å². The fourth-order valence-corrected chi connectivity index (χ4v) is 2.60. The van der Waals surface area contributed by atoms with Crippen LogP contribution in [0.5, 0.6) is 0 Å². The first kappa shape index (κ1) is 15.8. The van der Waals surface area contributed by atoms with Crippen LogP contribution in [0.15, 0.2) is 36.4 Å². The Labute approximate surface area is 131 Å². The summed E-state index contributed by atoms with van der Waals surface area (Å²) in [6, 6.07) is 11.7. The van der Waals surface area contributed by atoms with Crippen LogP contribution in [0.1, 0.15) is 36.9 Å². The van der Waals surface area contributed by atoms with Crippen molar-refractivity contribution in [2.75, 3.05) is 11.4 Å². The number of nitrogens with zero attached hydrogens (tertiary/aromatic N) is 2. The molecule has 3 nitrogen and oxygen atoms in total. The number of aliphatic hydroxyl groups is 1. The van der Waals surface area contributed by atoms with Crippen molar-refractivity contribution in [3.8, 4) is 0 Å². The molecule has 0 spiro atoms. The second-order valence-electron chi connectivity index (χ2n) is 5.17. The van der Waals surface area contributed by atoms with Gasteiger partial charge in [-0.2, -0.15) is 0 Å². The molecular weight excluding hydrogens is 284 g/mol. The lowest BCUT2D eigenvalue weighted by molar-refractivity contribution is 0.199. The average molecular weight is 305 g/mol. The summed E-state index contributed by atoms with van der Waals surface area (Å²) in [5.74, 6) is 0. The average Bonchev–Trinajstić information content (AvgIpc) is 2.45. The molecule has 112 valence electrons. The molecule has 1 heterocycles. The predicted molar refractivity (Wildman–Crippen MR) is 87.8 cm³/mol. The van der Waals surface area contributed by atoms with Crippen LogP contribution < -0.4 is 4.90 Å². The van der Waals surface area contributed by atoms with Crippen molar-refractivity contribution < 1.29 is 5.11 Å². The zero-order valence-electron chi connectivity index (χ0n) is 12.7. The Morgan fingerprint density at radius 3 is 2.62 bits per heavy atom. The van der Waals surface area contributed by atoms with Crippen molar-refractivity contribution in [3.63, 3.8) is 0 Å². The molecule has 2 rings (SSSR count). The summed E-state index contributed by atoms with van der Waals surface area (Å²) >= 11 is 6.37. The first-order chi connectivity index (χ1) is 10.0. The molecule has 2 aromatic rings. The van der Waals surface area contributed by atoms with Gasteiger partial charge in [0.2, 0.25) is 0 Å². The standard InChI is InChI=1S/C17H21ClN2O/c1-4-20(11-15-7-5-6-12(2)19-15)17-9-8-14(13(3)21)10-16(17)18/h5-10,13,21H,4,11H2,1-3H3/t13-/m1/s1. The number of aryl methyl sites for hydroxylation is 1. The van der Waals surface area contributed by atoms with Crippen molar-refractivity contribution in [2.45, 2.75) is 33.4 Å². The van der Waals surface area contributed by atoms with E-state index in [1.165, 1.54) is 0 Å². The molecule has 4 heteroatoms. The number of rotatable bonds is 5. The molecule has 0 saturated carbocycles. The van der Waals surface area contributed by atoms with Gasteiger partial charge in [-0.15, -0.1) is 0 Å². The van der Waals surface area contributed by atoms with Gasteiger partial charge in [0, 0.05) is 12.2 Å². The van der Waals surface area contributed by atoms with Gasteiger partial charge in [0.25, 0.3) is 0 Å². The lowest BCUT2D eigenvalue weighted by Crippen LogP contribution is -2.23. The molecule has 0 aliphatic carbocycles. The van der Waals surface area contributed by atoms with Crippen LogP contribution in [0, 0.1) is 6.92 Å². The number of benzene rings is 1. The topological polar surface area (TPSA) is 36.4 Å². The molecule has 0 aliphatic rings. The molecule has 1 aromatic carbocycles. The summed E-state index contributed by atoms with van der Waals surface area (Å²) in [7, 11) is 0. The van der Waals surface area contributed by atoms with Crippen molar-refractivity contribution in [2.24, 2.45) is 0 Å². The van der Waals surface area contributed by atoms with E-state index in [0.29, 0.717) is 11.6 Å². The molecule has 0 radical (unpaired) electrons. The number of aliphatic hydroxyl groups excluding tert-OH is 1. The number of hydrogen-bond acceptors (Lipinski definition) is 3. The first-order valence-electron chi connectivity index (χ1n) is 7.16. The van der Waals surface area contributed by atoms with Crippen molar-refractivity contribution >= 4 is 17.3 Å². The lowest BCUT2D eigenvalue weighted by atomic mass is 10.1. The summed E-state index contributed by atoms with van der Waals surface area (Å²) in [5.41, 5.74) is 3.83. The zero-order valence-corrected chi connectivity index (χ0v) is 13.4. The van der Waals surface area contributed by atoms with Gasteiger partial charge in [0.1, 0.15) is 0 Å². The molecule has 0 amide bonds. The zero-order chi connectivity index (χ0) is 15.4. The fraction of sp³-hybridized carbons (Fsp3) is 0.353. The minimum absolute atomic E-state index is 0.509. The number of pyridine rings is 1. The van der Waals surface area contributed by atoms with E-state index in [4.69, 9.17) is 11.6 Å². The number of anilines is 1. The minimum atomic E-state index is -0.509. The smallest absolute Gasteiger partial charge is 0.0762 e. The molecule has 1 N–H and O–H groups in total. The molecule has 0 bridgehead atoms.